The Morgan fingerprint density at radius 2 is 2.30 bits per heavy atom. The fourth-order valence-electron chi connectivity index (χ4n) is 2.55. The van der Waals surface area contributed by atoms with E-state index in [1.165, 1.54) is 4.70 Å². The number of halogens is 1. The van der Waals surface area contributed by atoms with E-state index in [1.807, 2.05) is 12.1 Å². The Bertz CT molecular complexity index is 766. The summed E-state index contributed by atoms with van der Waals surface area (Å²) in [5, 5.41) is 12.5. The molecule has 3 heterocycles. The predicted octanol–water partition coefficient (Wildman–Crippen LogP) is 3.63. The molecule has 2 aliphatic rings. The van der Waals surface area contributed by atoms with E-state index < -0.39 is 0 Å². The third-order valence-electron chi connectivity index (χ3n) is 3.44. The maximum absolute atomic E-state index is 9.60. The molecule has 6 heteroatoms. The number of amidine groups is 1. The van der Waals surface area contributed by atoms with E-state index in [4.69, 9.17) is 11.6 Å². The molecule has 0 aliphatic carbocycles. The van der Waals surface area contributed by atoms with Crippen molar-refractivity contribution >= 4 is 55.7 Å². The molecule has 102 valence electrons. The minimum Gasteiger partial charge on any atom is -0.391 e. The van der Waals surface area contributed by atoms with Crippen molar-refractivity contribution in [2.75, 3.05) is 19.7 Å². The van der Waals surface area contributed by atoms with Crippen molar-refractivity contribution < 1.29 is 5.11 Å². The van der Waals surface area contributed by atoms with Crippen LogP contribution >= 0.6 is 34.7 Å². The zero-order chi connectivity index (χ0) is 13.7. The van der Waals surface area contributed by atoms with Crippen molar-refractivity contribution in [1.29, 1.82) is 0 Å². The summed E-state index contributed by atoms with van der Waals surface area (Å²) >= 11 is 9.55. The lowest BCUT2D eigenvalue weighted by atomic mass is 10.2. The van der Waals surface area contributed by atoms with E-state index >= 15 is 0 Å². The monoisotopic (exact) mass is 322 g/mol. The maximum atomic E-state index is 9.60. The lowest BCUT2D eigenvalue weighted by molar-refractivity contribution is 0.339. The van der Waals surface area contributed by atoms with Crippen molar-refractivity contribution in [2.45, 2.75) is 0 Å². The second-order valence-corrected chi connectivity index (χ2v) is 7.16. The molecule has 0 saturated heterocycles. The van der Waals surface area contributed by atoms with E-state index in [9.17, 15) is 5.11 Å². The number of hydrogen-bond donors (Lipinski definition) is 1. The summed E-state index contributed by atoms with van der Waals surface area (Å²) in [4.78, 5) is 8.81. The molecule has 0 spiro atoms. The summed E-state index contributed by atoms with van der Waals surface area (Å²) < 4.78 is 1.17. The highest BCUT2D eigenvalue weighted by Crippen LogP contribution is 2.45. The predicted molar refractivity (Wildman–Crippen MR) is 87.4 cm³/mol. The van der Waals surface area contributed by atoms with E-state index in [-0.39, 0.29) is 6.61 Å². The van der Waals surface area contributed by atoms with Gasteiger partial charge in [0.1, 0.15) is 0 Å². The van der Waals surface area contributed by atoms with Crippen molar-refractivity contribution in [1.82, 2.24) is 4.90 Å². The Morgan fingerprint density at radius 3 is 3.10 bits per heavy atom. The molecule has 4 rings (SSSR count). The average molecular weight is 323 g/mol. The van der Waals surface area contributed by atoms with Gasteiger partial charge in [0.05, 0.1) is 23.7 Å². The second kappa shape index (κ2) is 4.77. The molecular weight excluding hydrogens is 312 g/mol. The van der Waals surface area contributed by atoms with E-state index in [0.29, 0.717) is 0 Å². The number of hydrogen-bond acceptors (Lipinski definition) is 5. The molecular formula is C14H11ClN2OS2. The fourth-order valence-corrected chi connectivity index (χ4v) is 5.12. The molecule has 2 aromatic rings. The number of nitrogens with zero attached hydrogens (tertiary/aromatic N) is 2. The molecule has 0 saturated carbocycles. The normalized spacial score (nSPS) is 18.1. The van der Waals surface area contributed by atoms with Gasteiger partial charge in [-0.05, 0) is 18.2 Å². The molecule has 2 aliphatic heterocycles. The van der Waals surface area contributed by atoms with Gasteiger partial charge in [-0.3, -0.25) is 4.99 Å². The van der Waals surface area contributed by atoms with Crippen molar-refractivity contribution in [2.24, 2.45) is 4.99 Å². The molecule has 0 radical (unpaired) electrons. The number of aliphatic hydroxyl groups is 1. The van der Waals surface area contributed by atoms with Crippen LogP contribution in [0.15, 0.2) is 34.2 Å². The van der Waals surface area contributed by atoms with Crippen LogP contribution in [0.4, 0.5) is 0 Å². The average Bonchev–Trinajstić information content (AvgIpc) is 3.10. The Hall–Kier alpha value is -1.01. The Labute approximate surface area is 129 Å². The van der Waals surface area contributed by atoms with Gasteiger partial charge >= 0.3 is 0 Å². The van der Waals surface area contributed by atoms with Crippen LogP contribution < -0.4 is 0 Å². The Morgan fingerprint density at radius 1 is 1.40 bits per heavy atom. The van der Waals surface area contributed by atoms with Crippen molar-refractivity contribution in [3.8, 4) is 0 Å². The van der Waals surface area contributed by atoms with Gasteiger partial charge < -0.3 is 10.0 Å². The zero-order valence-corrected chi connectivity index (χ0v) is 12.9. The van der Waals surface area contributed by atoms with E-state index in [2.05, 4.69) is 22.0 Å². The summed E-state index contributed by atoms with van der Waals surface area (Å²) in [5.41, 5.74) is 1.10. The summed E-state index contributed by atoms with van der Waals surface area (Å²) in [6.07, 6.45) is 0. The molecule has 0 unspecified atom stereocenters. The van der Waals surface area contributed by atoms with Gasteiger partial charge in [0, 0.05) is 26.6 Å². The standard InChI is InChI=1S/C14H11ClN2OS2/c15-9-2-1-3-10-8(9)6-11(19-10)13-12(7-18)20-14-16-4-5-17(13)14/h1-3,6,18H,4-5,7H2. The quantitative estimate of drug-likeness (QED) is 0.917. The molecule has 3 nitrogen and oxygen atoms in total. The minimum absolute atomic E-state index is 0.0531. The largest absolute Gasteiger partial charge is 0.391 e. The van der Waals surface area contributed by atoms with Crippen molar-refractivity contribution in [3.05, 3.63) is 39.1 Å². The van der Waals surface area contributed by atoms with Crippen LogP contribution in [0.25, 0.3) is 15.8 Å². The molecule has 0 fully saturated rings. The minimum atomic E-state index is 0.0531. The van der Waals surface area contributed by atoms with Crippen LogP contribution in [0.5, 0.6) is 0 Å². The summed E-state index contributed by atoms with van der Waals surface area (Å²) in [5.74, 6) is 0. The number of benzene rings is 1. The lowest BCUT2D eigenvalue weighted by Gasteiger charge is -2.15. The molecule has 1 N–H and O–H groups in total. The Balaban J connectivity index is 1.89. The smallest absolute Gasteiger partial charge is 0.168 e. The maximum Gasteiger partial charge on any atom is 0.168 e. The molecule has 0 bridgehead atoms. The zero-order valence-electron chi connectivity index (χ0n) is 10.5. The Kier molecular flexibility index (Phi) is 3.03. The van der Waals surface area contributed by atoms with Gasteiger partial charge in [0.2, 0.25) is 0 Å². The van der Waals surface area contributed by atoms with Gasteiger partial charge in [-0.15, -0.1) is 11.3 Å². The van der Waals surface area contributed by atoms with Crippen LogP contribution in [-0.2, 0) is 0 Å². The number of aliphatic imine (C=N–C) groups is 1. The van der Waals surface area contributed by atoms with E-state index in [0.717, 1.165) is 44.1 Å². The van der Waals surface area contributed by atoms with Gasteiger partial charge in [-0.25, -0.2) is 0 Å². The SMILES string of the molecule is OCC1=C(c2cc3c(Cl)cccc3s2)N2CCN=C2S1. The molecule has 1 aromatic carbocycles. The number of fused-ring (bicyclic) bond motifs is 2. The first-order valence-corrected chi connectivity index (χ1v) is 8.31. The van der Waals surface area contributed by atoms with Crippen molar-refractivity contribution in [3.63, 3.8) is 0 Å². The van der Waals surface area contributed by atoms with Gasteiger partial charge in [-0.1, -0.05) is 29.4 Å². The summed E-state index contributed by atoms with van der Waals surface area (Å²) in [7, 11) is 0. The highest BCUT2D eigenvalue weighted by Gasteiger charge is 2.33. The van der Waals surface area contributed by atoms with Gasteiger partial charge in [-0.2, -0.15) is 0 Å². The fraction of sp³-hybridized carbons (Fsp3) is 0.214. The number of thiophene rings is 1. The van der Waals surface area contributed by atoms with Crippen LogP contribution in [0.1, 0.15) is 4.88 Å². The second-order valence-electron chi connectivity index (χ2n) is 4.61. The van der Waals surface area contributed by atoms with E-state index in [1.54, 1.807) is 23.1 Å². The number of aliphatic hydroxyl groups excluding tert-OH is 1. The highest BCUT2D eigenvalue weighted by molar-refractivity contribution is 8.17. The van der Waals surface area contributed by atoms with Crippen LogP contribution in [-0.4, -0.2) is 34.9 Å². The molecule has 0 atom stereocenters. The first kappa shape index (κ1) is 12.7. The number of thioether (sulfide) groups is 1. The topological polar surface area (TPSA) is 35.8 Å². The van der Waals surface area contributed by atoms with Crippen LogP contribution in [0, 0.1) is 0 Å². The molecule has 1 aromatic heterocycles. The van der Waals surface area contributed by atoms with Gasteiger partial charge in [0.15, 0.2) is 5.17 Å². The third kappa shape index (κ3) is 1.81. The van der Waals surface area contributed by atoms with Crippen LogP contribution in [0.2, 0.25) is 5.02 Å². The van der Waals surface area contributed by atoms with Gasteiger partial charge in [0.25, 0.3) is 0 Å². The molecule has 20 heavy (non-hydrogen) atoms. The third-order valence-corrected chi connectivity index (χ3v) is 5.97. The van der Waals surface area contributed by atoms with Crippen LogP contribution in [0.3, 0.4) is 0 Å². The number of rotatable bonds is 2. The summed E-state index contributed by atoms with van der Waals surface area (Å²) in [6.45, 7) is 1.77. The highest BCUT2D eigenvalue weighted by atomic mass is 35.5. The summed E-state index contributed by atoms with van der Waals surface area (Å²) in [6, 6.07) is 8.08. The molecule has 0 amide bonds. The first-order valence-electron chi connectivity index (χ1n) is 6.30. The lowest BCUT2D eigenvalue weighted by Crippen LogP contribution is -2.19. The first-order chi connectivity index (χ1) is 9.78.